The molecule has 1 N–H and O–H groups in total. The zero-order valence-electron chi connectivity index (χ0n) is 11.1. The van der Waals surface area contributed by atoms with Crippen molar-refractivity contribution in [2.45, 2.75) is 44.7 Å². The van der Waals surface area contributed by atoms with Crippen molar-refractivity contribution in [1.82, 2.24) is 10.2 Å². The fourth-order valence-electron chi connectivity index (χ4n) is 2.77. The van der Waals surface area contributed by atoms with Crippen LogP contribution in [0.25, 0.3) is 0 Å². The van der Waals surface area contributed by atoms with Crippen molar-refractivity contribution < 1.29 is 18.0 Å². The van der Waals surface area contributed by atoms with Gasteiger partial charge in [-0.25, -0.2) is 8.42 Å². The Bertz CT molecular complexity index is 474. The molecule has 2 atom stereocenters. The fraction of sp³-hybridized carbons (Fsp3) is 0.833. The third-order valence-corrected chi connectivity index (χ3v) is 5.49. The van der Waals surface area contributed by atoms with Crippen LogP contribution >= 0.6 is 0 Å². The maximum Gasteiger partial charge on any atom is 0.245 e. The second-order valence-electron chi connectivity index (χ2n) is 5.29. The van der Waals surface area contributed by atoms with Crippen molar-refractivity contribution in [3.8, 4) is 0 Å². The molecule has 0 spiro atoms. The summed E-state index contributed by atoms with van der Waals surface area (Å²) in [5.74, 6) is -0.148. The lowest BCUT2D eigenvalue weighted by molar-refractivity contribution is -0.146. The Morgan fingerprint density at radius 2 is 2.11 bits per heavy atom. The molecule has 19 heavy (non-hydrogen) atoms. The van der Waals surface area contributed by atoms with Gasteiger partial charge in [-0.15, -0.1) is 0 Å². The Morgan fingerprint density at radius 3 is 2.74 bits per heavy atom. The van der Waals surface area contributed by atoms with Gasteiger partial charge < -0.3 is 10.2 Å². The van der Waals surface area contributed by atoms with E-state index in [0.717, 1.165) is 6.42 Å². The normalized spacial score (nSPS) is 31.1. The topological polar surface area (TPSA) is 83.6 Å². The Kier molecular flexibility index (Phi) is 4.13. The monoisotopic (exact) mass is 288 g/mol. The highest BCUT2D eigenvalue weighted by molar-refractivity contribution is 7.91. The molecule has 2 rings (SSSR count). The summed E-state index contributed by atoms with van der Waals surface area (Å²) in [4.78, 5) is 25.4. The van der Waals surface area contributed by atoms with E-state index in [4.69, 9.17) is 0 Å². The van der Waals surface area contributed by atoms with Crippen molar-refractivity contribution in [3.05, 3.63) is 0 Å². The van der Waals surface area contributed by atoms with Gasteiger partial charge in [0.1, 0.15) is 6.04 Å². The number of amides is 2. The van der Waals surface area contributed by atoms with E-state index in [1.54, 1.807) is 0 Å². The van der Waals surface area contributed by atoms with Gasteiger partial charge in [-0.3, -0.25) is 9.59 Å². The van der Waals surface area contributed by atoms with Gasteiger partial charge in [0, 0.05) is 6.04 Å². The highest BCUT2D eigenvalue weighted by atomic mass is 32.2. The number of piperazine rings is 1. The molecule has 2 heterocycles. The molecule has 6 nitrogen and oxygen atoms in total. The van der Waals surface area contributed by atoms with Crippen molar-refractivity contribution in [2.75, 3.05) is 18.1 Å². The lowest BCUT2D eigenvalue weighted by Gasteiger charge is -2.39. The fourth-order valence-corrected chi connectivity index (χ4v) is 4.48. The minimum Gasteiger partial charge on any atom is -0.343 e. The van der Waals surface area contributed by atoms with Gasteiger partial charge in [0.15, 0.2) is 9.84 Å². The number of rotatable bonds is 3. The molecule has 2 aliphatic rings. The van der Waals surface area contributed by atoms with Crippen LogP contribution < -0.4 is 5.32 Å². The molecule has 0 saturated carbocycles. The zero-order valence-corrected chi connectivity index (χ0v) is 11.9. The number of hydrogen-bond acceptors (Lipinski definition) is 4. The molecule has 2 saturated heterocycles. The van der Waals surface area contributed by atoms with E-state index in [9.17, 15) is 18.0 Å². The number of hydrogen-bond donors (Lipinski definition) is 1. The summed E-state index contributed by atoms with van der Waals surface area (Å²) in [5, 5.41) is 2.68. The number of sulfone groups is 1. The molecular weight excluding hydrogens is 268 g/mol. The van der Waals surface area contributed by atoms with E-state index < -0.39 is 15.9 Å². The van der Waals surface area contributed by atoms with Gasteiger partial charge >= 0.3 is 0 Å². The molecular formula is C12H20N2O4S. The average Bonchev–Trinajstić information content (AvgIpc) is 2.32. The summed E-state index contributed by atoms with van der Waals surface area (Å²) >= 11 is 0. The summed E-state index contributed by atoms with van der Waals surface area (Å²) < 4.78 is 23.3. The summed E-state index contributed by atoms with van der Waals surface area (Å²) in [6, 6.07) is -0.826. The van der Waals surface area contributed by atoms with Crippen molar-refractivity contribution in [1.29, 1.82) is 0 Å². The van der Waals surface area contributed by atoms with Gasteiger partial charge in [0.05, 0.1) is 18.1 Å². The highest BCUT2D eigenvalue weighted by Crippen LogP contribution is 2.20. The quantitative estimate of drug-likeness (QED) is 0.772. The molecule has 0 aliphatic carbocycles. The first-order valence-corrected chi connectivity index (χ1v) is 8.55. The molecule has 2 unspecified atom stereocenters. The predicted octanol–water partition coefficient (Wildman–Crippen LogP) is -0.309. The van der Waals surface area contributed by atoms with Crippen LogP contribution in [0.3, 0.4) is 0 Å². The standard InChI is InChI=1S/C12H20N2O4S/c1-2-4-10-12(16)14(7-11(15)13-10)9-5-3-6-19(17,18)8-9/h9-10H,2-8H2,1H3,(H,13,15). The molecule has 0 bridgehead atoms. The number of nitrogens with one attached hydrogen (secondary N) is 1. The van der Waals surface area contributed by atoms with Gasteiger partial charge in [-0.1, -0.05) is 13.3 Å². The van der Waals surface area contributed by atoms with Gasteiger partial charge in [0.25, 0.3) is 0 Å². The Morgan fingerprint density at radius 1 is 1.37 bits per heavy atom. The van der Waals surface area contributed by atoms with Gasteiger partial charge in [0.2, 0.25) is 11.8 Å². The lowest BCUT2D eigenvalue weighted by Crippen LogP contribution is -2.62. The van der Waals surface area contributed by atoms with E-state index in [2.05, 4.69) is 5.32 Å². The van der Waals surface area contributed by atoms with Gasteiger partial charge in [-0.2, -0.15) is 0 Å². The van der Waals surface area contributed by atoms with Crippen LogP contribution in [0.2, 0.25) is 0 Å². The number of carbonyl (C=O) groups excluding carboxylic acids is 2. The molecule has 0 radical (unpaired) electrons. The molecule has 0 aromatic carbocycles. The molecule has 7 heteroatoms. The first-order chi connectivity index (χ1) is 8.93. The maximum absolute atomic E-state index is 12.3. The third-order valence-electron chi connectivity index (χ3n) is 3.69. The van der Waals surface area contributed by atoms with Crippen molar-refractivity contribution >= 4 is 21.7 Å². The molecule has 108 valence electrons. The average molecular weight is 288 g/mol. The molecule has 2 aliphatic heterocycles. The summed E-state index contributed by atoms with van der Waals surface area (Å²) in [6.45, 7) is 1.93. The van der Waals surface area contributed by atoms with Crippen LogP contribution in [0, 0.1) is 0 Å². The minimum absolute atomic E-state index is 0.00906. The van der Waals surface area contributed by atoms with E-state index in [0.29, 0.717) is 19.3 Å². The van der Waals surface area contributed by atoms with E-state index in [1.165, 1.54) is 4.90 Å². The maximum atomic E-state index is 12.3. The third kappa shape index (κ3) is 3.26. The highest BCUT2D eigenvalue weighted by Gasteiger charge is 2.38. The zero-order chi connectivity index (χ0) is 14.0. The Balaban J connectivity index is 2.13. The van der Waals surface area contributed by atoms with E-state index >= 15 is 0 Å². The van der Waals surface area contributed by atoms with Crippen molar-refractivity contribution in [3.63, 3.8) is 0 Å². The Hall–Kier alpha value is -1.11. The first kappa shape index (κ1) is 14.3. The van der Waals surface area contributed by atoms with Crippen LogP contribution in [-0.4, -0.2) is 55.3 Å². The second kappa shape index (κ2) is 5.48. The van der Waals surface area contributed by atoms with Crippen LogP contribution in [0.4, 0.5) is 0 Å². The number of carbonyl (C=O) groups is 2. The largest absolute Gasteiger partial charge is 0.343 e. The second-order valence-corrected chi connectivity index (χ2v) is 7.51. The van der Waals surface area contributed by atoms with Crippen molar-refractivity contribution in [2.24, 2.45) is 0 Å². The smallest absolute Gasteiger partial charge is 0.245 e. The van der Waals surface area contributed by atoms with Crippen LogP contribution in [-0.2, 0) is 19.4 Å². The van der Waals surface area contributed by atoms with Crippen LogP contribution in [0.5, 0.6) is 0 Å². The number of nitrogens with zero attached hydrogens (tertiary/aromatic N) is 1. The van der Waals surface area contributed by atoms with Crippen LogP contribution in [0.15, 0.2) is 0 Å². The van der Waals surface area contributed by atoms with Gasteiger partial charge in [-0.05, 0) is 19.3 Å². The molecule has 0 aromatic heterocycles. The van der Waals surface area contributed by atoms with E-state index in [1.807, 2.05) is 6.92 Å². The lowest BCUT2D eigenvalue weighted by atomic mass is 10.0. The predicted molar refractivity (Wildman–Crippen MR) is 70.2 cm³/mol. The molecule has 0 aromatic rings. The Labute approximate surface area is 113 Å². The first-order valence-electron chi connectivity index (χ1n) is 6.73. The summed E-state index contributed by atoms with van der Waals surface area (Å²) in [7, 11) is -3.08. The SMILES string of the molecule is CCCC1NC(=O)CN(C2CCCS(=O)(=O)C2)C1=O. The molecule has 2 amide bonds. The minimum atomic E-state index is -3.08. The van der Waals surface area contributed by atoms with Crippen LogP contribution in [0.1, 0.15) is 32.6 Å². The molecule has 2 fully saturated rings. The summed E-state index contributed by atoms with van der Waals surface area (Å²) in [6.07, 6.45) is 2.63. The summed E-state index contributed by atoms with van der Waals surface area (Å²) in [5.41, 5.74) is 0. The van der Waals surface area contributed by atoms with E-state index in [-0.39, 0.29) is 35.9 Å².